The van der Waals surface area contributed by atoms with Crippen LogP contribution in [-0.2, 0) is 0 Å². The number of nitrogens with zero attached hydrogens (tertiary/aromatic N) is 2. The quantitative estimate of drug-likeness (QED) is 0.570. The fourth-order valence-electron chi connectivity index (χ4n) is 1.15. The SMILES string of the molecule is Cc1ccnc2c1NNN2C. The average molecular weight is 150 g/mol. The fourth-order valence-corrected chi connectivity index (χ4v) is 1.15. The minimum absolute atomic E-state index is 0.949. The Morgan fingerprint density at radius 2 is 2.36 bits per heavy atom. The van der Waals surface area contributed by atoms with Crippen LogP contribution in [0.5, 0.6) is 0 Å². The van der Waals surface area contributed by atoms with E-state index in [-0.39, 0.29) is 0 Å². The van der Waals surface area contributed by atoms with Gasteiger partial charge in [-0.1, -0.05) is 0 Å². The van der Waals surface area contributed by atoms with Gasteiger partial charge in [0, 0.05) is 13.2 Å². The van der Waals surface area contributed by atoms with Gasteiger partial charge in [-0.05, 0) is 18.6 Å². The molecule has 11 heavy (non-hydrogen) atoms. The molecule has 1 aliphatic rings. The summed E-state index contributed by atoms with van der Waals surface area (Å²) in [7, 11) is 1.92. The molecule has 0 aromatic carbocycles. The molecule has 0 fully saturated rings. The van der Waals surface area contributed by atoms with Crippen LogP contribution in [0.25, 0.3) is 0 Å². The van der Waals surface area contributed by atoms with Gasteiger partial charge in [0.1, 0.15) is 0 Å². The molecule has 0 unspecified atom stereocenters. The van der Waals surface area contributed by atoms with Gasteiger partial charge in [0.05, 0.1) is 5.69 Å². The molecular weight excluding hydrogens is 140 g/mol. The zero-order valence-electron chi connectivity index (χ0n) is 6.55. The third-order valence-corrected chi connectivity index (χ3v) is 1.81. The first-order chi connectivity index (χ1) is 5.29. The Kier molecular flexibility index (Phi) is 1.22. The summed E-state index contributed by atoms with van der Waals surface area (Å²) in [5.41, 5.74) is 8.24. The van der Waals surface area contributed by atoms with Crippen molar-refractivity contribution in [3.8, 4) is 0 Å². The summed E-state index contributed by atoms with van der Waals surface area (Å²) in [6, 6.07) is 1.98. The second-order valence-corrected chi connectivity index (χ2v) is 2.62. The van der Waals surface area contributed by atoms with Gasteiger partial charge < -0.3 is 0 Å². The molecule has 0 radical (unpaired) electrons. The van der Waals surface area contributed by atoms with E-state index in [4.69, 9.17) is 0 Å². The van der Waals surface area contributed by atoms with Crippen LogP contribution in [0.1, 0.15) is 5.56 Å². The Morgan fingerprint density at radius 3 is 3.09 bits per heavy atom. The maximum atomic E-state index is 4.20. The van der Waals surface area contributed by atoms with Gasteiger partial charge in [-0.2, -0.15) is 0 Å². The zero-order valence-corrected chi connectivity index (χ0v) is 6.55. The average Bonchev–Trinajstić information content (AvgIpc) is 2.35. The highest BCUT2D eigenvalue weighted by atomic mass is 15.7. The summed E-state index contributed by atoms with van der Waals surface area (Å²) in [6.07, 6.45) is 1.80. The molecule has 0 bridgehead atoms. The van der Waals surface area contributed by atoms with E-state index in [1.807, 2.05) is 25.0 Å². The molecule has 1 aromatic heterocycles. The number of anilines is 2. The van der Waals surface area contributed by atoms with Crippen molar-refractivity contribution in [1.82, 2.24) is 10.5 Å². The third kappa shape index (κ3) is 0.832. The summed E-state index contributed by atoms with van der Waals surface area (Å²) in [5, 5.41) is 1.85. The lowest BCUT2D eigenvalue weighted by Crippen LogP contribution is -2.32. The molecule has 2 N–H and O–H groups in total. The Labute approximate surface area is 65.2 Å². The van der Waals surface area contributed by atoms with Crippen molar-refractivity contribution < 1.29 is 0 Å². The number of hydrogen-bond acceptors (Lipinski definition) is 4. The smallest absolute Gasteiger partial charge is 0.169 e. The molecule has 1 aliphatic heterocycles. The Morgan fingerprint density at radius 1 is 1.55 bits per heavy atom. The third-order valence-electron chi connectivity index (χ3n) is 1.81. The first-order valence-electron chi connectivity index (χ1n) is 3.50. The van der Waals surface area contributed by atoms with E-state index in [1.54, 1.807) is 6.20 Å². The molecule has 1 aromatic rings. The van der Waals surface area contributed by atoms with Crippen molar-refractivity contribution in [2.45, 2.75) is 6.92 Å². The van der Waals surface area contributed by atoms with Crippen LogP contribution >= 0.6 is 0 Å². The fraction of sp³-hybridized carbons (Fsp3) is 0.286. The normalized spacial score (nSPS) is 14.5. The minimum Gasteiger partial charge on any atom is -0.300 e. The second kappa shape index (κ2) is 2.10. The molecule has 0 saturated carbocycles. The Hall–Kier alpha value is -1.29. The van der Waals surface area contributed by atoms with E-state index in [2.05, 4.69) is 15.9 Å². The minimum atomic E-state index is 0.949. The number of pyridine rings is 1. The number of hydrogen-bond donors (Lipinski definition) is 2. The lowest BCUT2D eigenvalue weighted by molar-refractivity contribution is 0.810. The monoisotopic (exact) mass is 150 g/mol. The highest BCUT2D eigenvalue weighted by molar-refractivity contribution is 5.71. The lowest BCUT2D eigenvalue weighted by Gasteiger charge is -2.07. The first kappa shape index (κ1) is 6.42. The molecule has 0 saturated heterocycles. The molecule has 58 valence electrons. The molecule has 0 amide bonds. The topological polar surface area (TPSA) is 40.2 Å². The molecule has 0 aliphatic carbocycles. The number of hydrazine groups is 2. The van der Waals surface area contributed by atoms with Gasteiger partial charge in [-0.3, -0.25) is 10.4 Å². The van der Waals surface area contributed by atoms with Crippen molar-refractivity contribution in [3.05, 3.63) is 17.8 Å². The first-order valence-corrected chi connectivity index (χ1v) is 3.50. The lowest BCUT2D eigenvalue weighted by atomic mass is 10.2. The summed E-state index contributed by atoms with van der Waals surface area (Å²) in [5.74, 6) is 0.949. The van der Waals surface area contributed by atoms with Gasteiger partial charge in [-0.25, -0.2) is 4.98 Å². The van der Waals surface area contributed by atoms with Crippen LogP contribution in [0.15, 0.2) is 12.3 Å². The van der Waals surface area contributed by atoms with Gasteiger partial charge in [0.15, 0.2) is 5.82 Å². The number of aromatic nitrogens is 1. The number of rotatable bonds is 0. The van der Waals surface area contributed by atoms with Gasteiger partial charge >= 0.3 is 0 Å². The van der Waals surface area contributed by atoms with E-state index >= 15 is 0 Å². The molecule has 2 heterocycles. The summed E-state index contributed by atoms with van der Waals surface area (Å²) >= 11 is 0. The standard InChI is InChI=1S/C7H10N4/c1-5-3-4-8-7-6(5)9-10-11(7)2/h3-4,9-10H,1-2H3. The maximum Gasteiger partial charge on any atom is 0.169 e. The van der Waals surface area contributed by atoms with E-state index in [0.717, 1.165) is 11.5 Å². The molecular formula is C7H10N4. The molecule has 4 heteroatoms. The summed E-state index contributed by atoms with van der Waals surface area (Å²) < 4.78 is 0. The van der Waals surface area contributed by atoms with Crippen LogP contribution in [0.4, 0.5) is 11.5 Å². The van der Waals surface area contributed by atoms with E-state index in [1.165, 1.54) is 5.56 Å². The summed E-state index contributed by atoms with van der Waals surface area (Å²) in [6.45, 7) is 2.05. The number of nitrogens with one attached hydrogen (secondary N) is 2. The number of aryl methyl sites for hydroxylation is 1. The number of fused-ring (bicyclic) bond motifs is 1. The predicted molar refractivity (Wildman–Crippen MR) is 44.1 cm³/mol. The van der Waals surface area contributed by atoms with Gasteiger partial charge in [0.2, 0.25) is 0 Å². The van der Waals surface area contributed by atoms with Crippen molar-refractivity contribution >= 4 is 11.5 Å². The Bertz CT molecular complexity index is 284. The molecule has 4 nitrogen and oxygen atoms in total. The second-order valence-electron chi connectivity index (χ2n) is 2.62. The highest BCUT2D eigenvalue weighted by Gasteiger charge is 2.16. The van der Waals surface area contributed by atoms with Crippen LogP contribution < -0.4 is 16.0 Å². The zero-order chi connectivity index (χ0) is 7.84. The van der Waals surface area contributed by atoms with E-state index in [9.17, 15) is 0 Å². The van der Waals surface area contributed by atoms with Gasteiger partial charge in [-0.15, -0.1) is 5.53 Å². The largest absolute Gasteiger partial charge is 0.300 e. The van der Waals surface area contributed by atoms with Crippen molar-refractivity contribution in [2.24, 2.45) is 0 Å². The van der Waals surface area contributed by atoms with Crippen molar-refractivity contribution in [3.63, 3.8) is 0 Å². The van der Waals surface area contributed by atoms with Crippen LogP contribution in [0.3, 0.4) is 0 Å². The molecule has 0 spiro atoms. The van der Waals surface area contributed by atoms with Crippen LogP contribution in [0, 0.1) is 6.92 Å². The predicted octanol–water partition coefficient (Wildman–Crippen LogP) is 0.671. The molecule has 0 atom stereocenters. The summed E-state index contributed by atoms with van der Waals surface area (Å²) in [4.78, 5) is 4.20. The highest BCUT2D eigenvalue weighted by Crippen LogP contribution is 2.27. The Balaban J connectivity index is 2.57. The molecule has 2 rings (SSSR count). The maximum absolute atomic E-state index is 4.20. The van der Waals surface area contributed by atoms with Crippen molar-refractivity contribution in [2.75, 3.05) is 17.5 Å². The van der Waals surface area contributed by atoms with Crippen LogP contribution in [-0.4, -0.2) is 12.0 Å². The van der Waals surface area contributed by atoms with Crippen LogP contribution in [0.2, 0.25) is 0 Å². The van der Waals surface area contributed by atoms with E-state index < -0.39 is 0 Å². The van der Waals surface area contributed by atoms with Gasteiger partial charge in [0.25, 0.3) is 0 Å². The van der Waals surface area contributed by atoms with Crippen molar-refractivity contribution in [1.29, 1.82) is 0 Å². The van der Waals surface area contributed by atoms with E-state index in [0.29, 0.717) is 0 Å².